The number of ether oxygens (including phenoxy) is 2. The van der Waals surface area contributed by atoms with E-state index in [0.29, 0.717) is 18.7 Å². The third-order valence-corrected chi connectivity index (χ3v) is 4.48. The Morgan fingerprint density at radius 1 is 1.04 bits per heavy atom. The van der Waals surface area contributed by atoms with Crippen LogP contribution in [-0.4, -0.2) is 55.0 Å². The number of hydrogen-bond acceptors (Lipinski definition) is 4. The maximum Gasteiger partial charge on any atom is 0.573 e. The van der Waals surface area contributed by atoms with Crippen LogP contribution in [0.5, 0.6) is 5.75 Å². The van der Waals surface area contributed by atoms with Gasteiger partial charge >= 0.3 is 12.5 Å². The average molecular weight is 388 g/mol. The minimum atomic E-state index is -4.72. The van der Waals surface area contributed by atoms with E-state index in [1.54, 1.807) is 4.90 Å². The van der Waals surface area contributed by atoms with Crippen LogP contribution >= 0.6 is 0 Å². The molecule has 1 aliphatic rings. The Hall–Kier alpha value is -1.96. The Morgan fingerprint density at radius 2 is 1.70 bits per heavy atom. The van der Waals surface area contributed by atoms with Crippen molar-refractivity contribution in [3.05, 3.63) is 29.8 Å². The zero-order valence-corrected chi connectivity index (χ0v) is 15.6. The highest BCUT2D eigenvalue weighted by Gasteiger charge is 2.31. The number of halogens is 3. The fourth-order valence-corrected chi connectivity index (χ4v) is 2.94. The van der Waals surface area contributed by atoms with Crippen molar-refractivity contribution in [3.63, 3.8) is 0 Å². The first-order valence-electron chi connectivity index (χ1n) is 9.36. The second kappa shape index (κ2) is 10.4. The molecule has 0 aromatic heterocycles. The molecular formula is C19H27F3N2O3. The molecule has 1 aromatic rings. The molecule has 2 rings (SSSR count). The van der Waals surface area contributed by atoms with Crippen LogP contribution in [0.3, 0.4) is 0 Å². The van der Waals surface area contributed by atoms with Gasteiger partial charge in [-0.1, -0.05) is 38.3 Å². The van der Waals surface area contributed by atoms with Crippen molar-refractivity contribution in [2.45, 2.75) is 45.6 Å². The number of benzene rings is 1. The van der Waals surface area contributed by atoms with Crippen LogP contribution in [0.4, 0.5) is 18.0 Å². The number of carbonyl (C=O) groups excluding carboxylic acids is 1. The first-order valence-corrected chi connectivity index (χ1v) is 9.36. The fourth-order valence-electron chi connectivity index (χ4n) is 2.94. The normalized spacial score (nSPS) is 15.6. The number of piperazine rings is 1. The molecule has 5 nitrogen and oxygen atoms in total. The zero-order chi connectivity index (χ0) is 19.7. The van der Waals surface area contributed by atoms with Gasteiger partial charge in [-0.15, -0.1) is 13.2 Å². The highest BCUT2D eigenvalue weighted by Crippen LogP contribution is 2.23. The molecule has 0 unspecified atom stereocenters. The molecule has 152 valence electrons. The molecule has 1 aromatic carbocycles. The number of rotatable bonds is 8. The van der Waals surface area contributed by atoms with Crippen LogP contribution in [0.25, 0.3) is 0 Å². The first kappa shape index (κ1) is 21.3. The van der Waals surface area contributed by atoms with Gasteiger partial charge in [0.15, 0.2) is 0 Å². The molecule has 0 aliphatic carbocycles. The van der Waals surface area contributed by atoms with E-state index in [1.165, 1.54) is 49.9 Å². The SMILES string of the molecule is CCCCCCN1CCN(C(=O)OCc2ccc(OC(F)(F)F)cc2)CC1. The zero-order valence-electron chi connectivity index (χ0n) is 15.6. The second-order valence-corrected chi connectivity index (χ2v) is 6.64. The predicted molar refractivity (Wildman–Crippen MR) is 95.5 cm³/mol. The van der Waals surface area contributed by atoms with Gasteiger partial charge in [-0.25, -0.2) is 4.79 Å². The molecule has 0 saturated carbocycles. The Morgan fingerprint density at radius 3 is 2.30 bits per heavy atom. The third kappa shape index (κ3) is 8.07. The van der Waals surface area contributed by atoms with Crippen molar-refractivity contribution >= 4 is 6.09 Å². The molecule has 0 spiro atoms. The summed E-state index contributed by atoms with van der Waals surface area (Å²) >= 11 is 0. The van der Waals surface area contributed by atoms with Gasteiger partial charge in [0.25, 0.3) is 0 Å². The minimum Gasteiger partial charge on any atom is -0.445 e. The molecule has 1 aliphatic heterocycles. The molecule has 1 amide bonds. The number of hydrogen-bond donors (Lipinski definition) is 0. The number of carbonyl (C=O) groups is 1. The molecular weight excluding hydrogens is 361 g/mol. The van der Waals surface area contributed by atoms with Crippen molar-refractivity contribution in [2.75, 3.05) is 32.7 Å². The summed E-state index contributed by atoms with van der Waals surface area (Å²) in [4.78, 5) is 16.2. The molecule has 0 bridgehead atoms. The summed E-state index contributed by atoms with van der Waals surface area (Å²) in [5.41, 5.74) is 0.604. The van der Waals surface area contributed by atoms with E-state index < -0.39 is 12.5 Å². The van der Waals surface area contributed by atoms with Crippen molar-refractivity contribution in [1.82, 2.24) is 9.80 Å². The van der Waals surface area contributed by atoms with Gasteiger partial charge in [-0.2, -0.15) is 0 Å². The van der Waals surface area contributed by atoms with Gasteiger partial charge in [0.1, 0.15) is 12.4 Å². The maximum absolute atomic E-state index is 12.1. The molecule has 27 heavy (non-hydrogen) atoms. The van der Waals surface area contributed by atoms with Crippen molar-refractivity contribution in [1.29, 1.82) is 0 Å². The first-order chi connectivity index (χ1) is 12.9. The lowest BCUT2D eigenvalue weighted by Gasteiger charge is -2.34. The van der Waals surface area contributed by atoms with Gasteiger partial charge in [0, 0.05) is 26.2 Å². The topological polar surface area (TPSA) is 42.0 Å². The van der Waals surface area contributed by atoms with Gasteiger partial charge < -0.3 is 14.4 Å². The van der Waals surface area contributed by atoms with Crippen LogP contribution in [0, 0.1) is 0 Å². The van der Waals surface area contributed by atoms with E-state index in [-0.39, 0.29) is 12.4 Å². The lowest BCUT2D eigenvalue weighted by Crippen LogP contribution is -2.48. The highest BCUT2D eigenvalue weighted by atomic mass is 19.4. The molecule has 1 fully saturated rings. The lowest BCUT2D eigenvalue weighted by atomic mass is 10.2. The van der Waals surface area contributed by atoms with Crippen LogP contribution in [-0.2, 0) is 11.3 Å². The smallest absolute Gasteiger partial charge is 0.445 e. The molecule has 0 atom stereocenters. The van der Waals surface area contributed by atoms with E-state index in [1.807, 2.05) is 0 Å². The highest BCUT2D eigenvalue weighted by molar-refractivity contribution is 5.67. The van der Waals surface area contributed by atoms with E-state index in [0.717, 1.165) is 19.6 Å². The summed E-state index contributed by atoms with van der Waals surface area (Å²) in [5, 5.41) is 0. The van der Waals surface area contributed by atoms with Gasteiger partial charge in [0.05, 0.1) is 0 Å². The number of amides is 1. The summed E-state index contributed by atoms with van der Waals surface area (Å²) in [6.45, 7) is 6.21. The van der Waals surface area contributed by atoms with E-state index >= 15 is 0 Å². The van der Waals surface area contributed by atoms with Crippen LogP contribution in [0.15, 0.2) is 24.3 Å². The summed E-state index contributed by atoms with van der Waals surface area (Å²) in [6.07, 6.45) is -0.201. The molecule has 0 radical (unpaired) electrons. The minimum absolute atomic E-state index is 0.0162. The van der Waals surface area contributed by atoms with Gasteiger partial charge in [0.2, 0.25) is 0 Å². The van der Waals surface area contributed by atoms with E-state index in [2.05, 4.69) is 16.6 Å². The Balaban J connectivity index is 1.67. The Kier molecular flexibility index (Phi) is 8.22. The number of alkyl halides is 3. The summed E-state index contributed by atoms with van der Waals surface area (Å²) in [5.74, 6) is -0.298. The number of nitrogens with zero attached hydrogens (tertiary/aromatic N) is 2. The standard InChI is InChI=1S/C19H27F3N2O3/c1-2-3-4-5-10-23-11-13-24(14-12-23)18(25)26-15-16-6-8-17(9-7-16)27-19(20,21)22/h6-9H,2-5,10-15H2,1H3. The van der Waals surface area contributed by atoms with Crippen molar-refractivity contribution < 1.29 is 27.4 Å². The predicted octanol–water partition coefficient (Wildman–Crippen LogP) is 4.42. The Bertz CT molecular complexity index is 571. The van der Waals surface area contributed by atoms with Crippen molar-refractivity contribution in [2.24, 2.45) is 0 Å². The van der Waals surface area contributed by atoms with Crippen LogP contribution in [0.1, 0.15) is 38.2 Å². The fraction of sp³-hybridized carbons (Fsp3) is 0.632. The van der Waals surface area contributed by atoms with Crippen LogP contribution < -0.4 is 4.74 Å². The molecule has 8 heteroatoms. The third-order valence-electron chi connectivity index (χ3n) is 4.48. The average Bonchev–Trinajstić information content (AvgIpc) is 2.64. The molecule has 1 heterocycles. The van der Waals surface area contributed by atoms with Crippen LogP contribution in [0.2, 0.25) is 0 Å². The lowest BCUT2D eigenvalue weighted by molar-refractivity contribution is -0.274. The quantitative estimate of drug-likeness (QED) is 0.619. The summed E-state index contributed by atoms with van der Waals surface area (Å²) in [6, 6.07) is 5.30. The van der Waals surface area contributed by atoms with Crippen molar-refractivity contribution in [3.8, 4) is 5.75 Å². The molecule has 1 saturated heterocycles. The summed E-state index contributed by atoms with van der Waals surface area (Å²) in [7, 11) is 0. The van der Waals surface area contributed by atoms with Gasteiger partial charge in [-0.3, -0.25) is 4.90 Å². The van der Waals surface area contributed by atoms with Gasteiger partial charge in [-0.05, 0) is 30.7 Å². The van der Waals surface area contributed by atoms with E-state index in [9.17, 15) is 18.0 Å². The largest absolute Gasteiger partial charge is 0.573 e. The monoisotopic (exact) mass is 388 g/mol. The maximum atomic E-state index is 12.1. The number of unbranched alkanes of at least 4 members (excludes halogenated alkanes) is 3. The van der Waals surface area contributed by atoms with E-state index in [4.69, 9.17) is 4.74 Å². The summed E-state index contributed by atoms with van der Waals surface area (Å²) < 4.78 is 45.5. The second-order valence-electron chi connectivity index (χ2n) is 6.64. The Labute approximate surface area is 158 Å². The molecule has 0 N–H and O–H groups in total.